The molecule has 0 unspecified atom stereocenters. The molecule has 18 heavy (non-hydrogen) atoms. The molecule has 1 aromatic heterocycles. The van der Waals surface area contributed by atoms with Gasteiger partial charge in [-0.1, -0.05) is 17.0 Å². The predicted molar refractivity (Wildman–Crippen MR) is 66.0 cm³/mol. The topological polar surface area (TPSA) is 45.5 Å². The van der Waals surface area contributed by atoms with Crippen LogP contribution >= 0.6 is 0 Å². The van der Waals surface area contributed by atoms with Crippen molar-refractivity contribution in [1.82, 2.24) is 4.98 Å². The zero-order valence-electron chi connectivity index (χ0n) is 9.34. The van der Waals surface area contributed by atoms with Gasteiger partial charge in [0.2, 0.25) is 0 Å². The average Bonchev–Trinajstić information content (AvgIpc) is 2.39. The van der Waals surface area contributed by atoms with Crippen molar-refractivity contribution in [3.05, 3.63) is 65.2 Å². The van der Waals surface area contributed by atoms with E-state index in [1.54, 1.807) is 30.6 Å². The maximum absolute atomic E-state index is 12.7. The summed E-state index contributed by atoms with van der Waals surface area (Å²) in [6.07, 6.45) is 4.43. The predicted octanol–water partition coefficient (Wildman–Crippen LogP) is 2.43. The van der Waals surface area contributed by atoms with E-state index in [1.165, 1.54) is 18.3 Å². The van der Waals surface area contributed by atoms with E-state index in [4.69, 9.17) is 5.21 Å². The zero-order valence-corrected chi connectivity index (χ0v) is 9.34. The lowest BCUT2D eigenvalue weighted by atomic mass is 10.2. The molecule has 0 radical (unpaired) electrons. The second kappa shape index (κ2) is 5.60. The molecule has 0 spiro atoms. The van der Waals surface area contributed by atoms with Crippen LogP contribution < -0.4 is 0 Å². The van der Waals surface area contributed by atoms with E-state index in [2.05, 4.69) is 22.0 Å². The number of nitrogens with zero attached hydrogens (tertiary/aromatic N) is 2. The first kappa shape index (κ1) is 11.8. The second-order valence-corrected chi connectivity index (χ2v) is 3.51. The molecule has 0 aliphatic carbocycles. The van der Waals surface area contributed by atoms with E-state index < -0.39 is 0 Å². The molecule has 0 atom stereocenters. The Bertz CT molecular complexity index is 624. The lowest BCUT2D eigenvalue weighted by Gasteiger charge is -1.93. The molecule has 0 aliphatic rings. The van der Waals surface area contributed by atoms with Gasteiger partial charge >= 0.3 is 0 Å². The molecule has 3 nitrogen and oxygen atoms in total. The Kier molecular flexibility index (Phi) is 3.67. The molecule has 1 aromatic carbocycles. The van der Waals surface area contributed by atoms with E-state index in [1.807, 2.05) is 0 Å². The Hall–Kier alpha value is -2.67. The normalized spacial score (nSPS) is 10.1. The molecule has 0 saturated carbocycles. The molecule has 1 N–H and O–H groups in total. The Balaban J connectivity index is 2.24. The first-order chi connectivity index (χ1) is 8.78. The van der Waals surface area contributed by atoms with Crippen LogP contribution in [-0.2, 0) is 0 Å². The van der Waals surface area contributed by atoms with Crippen LogP contribution in [-0.4, -0.2) is 16.4 Å². The van der Waals surface area contributed by atoms with Crippen molar-refractivity contribution in [2.75, 3.05) is 0 Å². The Morgan fingerprint density at radius 2 is 1.83 bits per heavy atom. The third-order valence-corrected chi connectivity index (χ3v) is 2.16. The van der Waals surface area contributed by atoms with Crippen LogP contribution in [0.3, 0.4) is 0 Å². The van der Waals surface area contributed by atoms with Crippen LogP contribution in [0.25, 0.3) is 0 Å². The van der Waals surface area contributed by atoms with Crippen molar-refractivity contribution < 1.29 is 9.60 Å². The zero-order chi connectivity index (χ0) is 12.8. The van der Waals surface area contributed by atoms with Gasteiger partial charge in [0, 0.05) is 29.1 Å². The van der Waals surface area contributed by atoms with Gasteiger partial charge in [-0.3, -0.25) is 4.98 Å². The maximum atomic E-state index is 12.7. The van der Waals surface area contributed by atoms with E-state index >= 15 is 0 Å². The molecule has 0 aliphatic heterocycles. The fourth-order valence-electron chi connectivity index (χ4n) is 1.34. The van der Waals surface area contributed by atoms with E-state index in [0.717, 1.165) is 5.56 Å². The largest absolute Gasteiger partial charge is 0.411 e. The first-order valence-corrected chi connectivity index (χ1v) is 5.18. The van der Waals surface area contributed by atoms with E-state index in [0.29, 0.717) is 11.1 Å². The summed E-state index contributed by atoms with van der Waals surface area (Å²) < 4.78 is 12.7. The Morgan fingerprint density at radius 3 is 2.56 bits per heavy atom. The van der Waals surface area contributed by atoms with Crippen LogP contribution in [0.4, 0.5) is 4.39 Å². The van der Waals surface area contributed by atoms with E-state index in [-0.39, 0.29) is 5.82 Å². The molecule has 0 bridgehead atoms. The number of oxime groups is 1. The molecule has 1 heterocycles. The van der Waals surface area contributed by atoms with Crippen LogP contribution in [0, 0.1) is 17.7 Å². The van der Waals surface area contributed by atoms with Crippen molar-refractivity contribution in [2.24, 2.45) is 5.16 Å². The summed E-state index contributed by atoms with van der Waals surface area (Å²) >= 11 is 0. The minimum absolute atomic E-state index is 0.289. The van der Waals surface area contributed by atoms with Gasteiger partial charge in [0.1, 0.15) is 5.82 Å². The van der Waals surface area contributed by atoms with Gasteiger partial charge in [-0.25, -0.2) is 4.39 Å². The summed E-state index contributed by atoms with van der Waals surface area (Å²) in [6, 6.07) is 7.67. The molecular formula is C14H9FN2O. The number of halogens is 1. The number of pyridine rings is 1. The minimum atomic E-state index is -0.289. The van der Waals surface area contributed by atoms with Crippen molar-refractivity contribution in [1.29, 1.82) is 0 Å². The number of hydrogen-bond donors (Lipinski definition) is 1. The number of rotatable bonds is 1. The lowest BCUT2D eigenvalue weighted by Crippen LogP contribution is -1.86. The monoisotopic (exact) mass is 240 g/mol. The van der Waals surface area contributed by atoms with Gasteiger partial charge < -0.3 is 5.21 Å². The summed E-state index contributed by atoms with van der Waals surface area (Å²) in [5.74, 6) is 5.51. The molecule has 2 rings (SSSR count). The van der Waals surface area contributed by atoms with Gasteiger partial charge in [-0.15, -0.1) is 0 Å². The smallest absolute Gasteiger partial charge is 0.123 e. The summed E-state index contributed by atoms with van der Waals surface area (Å²) in [7, 11) is 0. The average molecular weight is 240 g/mol. The fraction of sp³-hybridized carbons (Fsp3) is 0. The molecule has 4 heteroatoms. The van der Waals surface area contributed by atoms with Crippen molar-refractivity contribution in [3.8, 4) is 11.8 Å². The van der Waals surface area contributed by atoms with Crippen molar-refractivity contribution in [3.63, 3.8) is 0 Å². The van der Waals surface area contributed by atoms with Gasteiger partial charge in [0.05, 0.1) is 6.21 Å². The highest BCUT2D eigenvalue weighted by atomic mass is 19.1. The van der Waals surface area contributed by atoms with Crippen molar-refractivity contribution >= 4 is 6.21 Å². The van der Waals surface area contributed by atoms with Gasteiger partial charge in [0.25, 0.3) is 0 Å². The summed E-state index contributed by atoms with van der Waals surface area (Å²) in [6.45, 7) is 0. The molecule has 0 fully saturated rings. The number of aromatic nitrogens is 1. The minimum Gasteiger partial charge on any atom is -0.411 e. The Labute approximate surface area is 104 Å². The molecule has 0 amide bonds. The quantitative estimate of drug-likeness (QED) is 0.360. The first-order valence-electron chi connectivity index (χ1n) is 5.18. The van der Waals surface area contributed by atoms with Crippen LogP contribution in [0.1, 0.15) is 16.7 Å². The second-order valence-electron chi connectivity index (χ2n) is 3.51. The number of benzene rings is 1. The van der Waals surface area contributed by atoms with Crippen LogP contribution in [0.15, 0.2) is 47.9 Å². The van der Waals surface area contributed by atoms with Gasteiger partial charge in [0.15, 0.2) is 0 Å². The highest BCUT2D eigenvalue weighted by Gasteiger charge is 1.92. The van der Waals surface area contributed by atoms with Gasteiger partial charge in [-0.05, 0) is 30.3 Å². The highest BCUT2D eigenvalue weighted by molar-refractivity contribution is 5.79. The summed E-state index contributed by atoms with van der Waals surface area (Å²) in [5, 5.41) is 11.3. The molecular weight excluding hydrogens is 231 g/mol. The molecule has 2 aromatic rings. The SMILES string of the molecule is O/N=C/c1cncc(C#Cc2ccc(F)cc2)c1. The third kappa shape index (κ3) is 3.16. The molecule has 0 saturated heterocycles. The van der Waals surface area contributed by atoms with Crippen LogP contribution in [0.5, 0.6) is 0 Å². The Morgan fingerprint density at radius 1 is 1.11 bits per heavy atom. The number of hydrogen-bond acceptors (Lipinski definition) is 3. The maximum Gasteiger partial charge on any atom is 0.123 e. The highest BCUT2D eigenvalue weighted by Crippen LogP contribution is 2.02. The van der Waals surface area contributed by atoms with Crippen molar-refractivity contribution in [2.45, 2.75) is 0 Å². The van der Waals surface area contributed by atoms with Crippen LogP contribution in [0.2, 0.25) is 0 Å². The van der Waals surface area contributed by atoms with E-state index in [9.17, 15) is 4.39 Å². The van der Waals surface area contributed by atoms with Gasteiger partial charge in [-0.2, -0.15) is 0 Å². The standard InChI is InChI=1S/C14H9FN2O/c15-14-5-3-11(4-6-14)1-2-12-7-13(10-17-18)9-16-8-12/h3-10,18H/b17-10+. The summed E-state index contributed by atoms with van der Waals surface area (Å²) in [4.78, 5) is 3.96. The molecule has 88 valence electrons. The fourth-order valence-corrected chi connectivity index (χ4v) is 1.34. The summed E-state index contributed by atoms with van der Waals surface area (Å²) in [5.41, 5.74) is 2.07. The third-order valence-electron chi connectivity index (χ3n) is 2.16. The lowest BCUT2D eigenvalue weighted by molar-refractivity contribution is 0.322.